The van der Waals surface area contributed by atoms with Crippen molar-refractivity contribution in [3.63, 3.8) is 0 Å². The Hall–Kier alpha value is -1.09. The molecule has 0 radical (unpaired) electrons. The molecule has 1 aromatic rings. The predicted molar refractivity (Wildman–Crippen MR) is 53.6 cm³/mol. The number of aromatic nitrogens is 1. The molecule has 2 N–H and O–H groups in total. The lowest BCUT2D eigenvalue weighted by molar-refractivity contribution is 0.813. The second kappa shape index (κ2) is 3.75. The monoisotopic (exact) mass is 177 g/mol. The van der Waals surface area contributed by atoms with E-state index in [9.17, 15) is 0 Å². The van der Waals surface area contributed by atoms with Crippen LogP contribution in [0, 0.1) is 0 Å². The van der Waals surface area contributed by atoms with Gasteiger partial charge < -0.3 is 10.6 Å². The molecule has 0 spiro atoms. The average Bonchev–Trinajstić information content (AvgIpc) is 2.93. The molecule has 70 valence electrons. The number of nitrogens with zero attached hydrogens (tertiary/aromatic N) is 1. The summed E-state index contributed by atoms with van der Waals surface area (Å²) in [6.45, 7) is 0.886. The summed E-state index contributed by atoms with van der Waals surface area (Å²) >= 11 is 0. The quantitative estimate of drug-likeness (QED) is 0.729. The summed E-state index contributed by atoms with van der Waals surface area (Å²) in [5.41, 5.74) is 1.23. The van der Waals surface area contributed by atoms with Crippen LogP contribution in [0.2, 0.25) is 0 Å². The number of anilines is 1. The molecule has 1 aliphatic carbocycles. The zero-order valence-electron chi connectivity index (χ0n) is 7.88. The second-order valence-electron chi connectivity index (χ2n) is 3.50. The van der Waals surface area contributed by atoms with Crippen LogP contribution < -0.4 is 10.6 Å². The highest BCUT2D eigenvalue weighted by Gasteiger charge is 2.20. The molecule has 0 unspecified atom stereocenters. The normalized spacial score (nSPS) is 15.8. The minimum atomic E-state index is 0.683. The molecule has 2 rings (SSSR count). The van der Waals surface area contributed by atoms with Crippen molar-refractivity contribution in [2.24, 2.45) is 0 Å². The number of pyridine rings is 1. The van der Waals surface area contributed by atoms with Crippen molar-refractivity contribution in [3.8, 4) is 0 Å². The second-order valence-corrected chi connectivity index (χ2v) is 3.50. The van der Waals surface area contributed by atoms with Crippen LogP contribution in [0.25, 0.3) is 0 Å². The van der Waals surface area contributed by atoms with Crippen molar-refractivity contribution in [3.05, 3.63) is 23.9 Å². The highest BCUT2D eigenvalue weighted by molar-refractivity contribution is 5.37. The van der Waals surface area contributed by atoms with Gasteiger partial charge in [-0.3, -0.25) is 0 Å². The number of hydrogen-bond donors (Lipinski definition) is 2. The standard InChI is InChI=1S/C10H15N3/c1-11-6-8-2-5-10(12-7-8)13-9-3-4-9/h2,5,7,9,11H,3-4,6H2,1H3,(H,12,13). The van der Waals surface area contributed by atoms with Gasteiger partial charge in [0.1, 0.15) is 5.82 Å². The molecule has 0 aromatic carbocycles. The highest BCUT2D eigenvalue weighted by Crippen LogP contribution is 2.23. The first-order chi connectivity index (χ1) is 6.38. The van der Waals surface area contributed by atoms with Gasteiger partial charge in [0.2, 0.25) is 0 Å². The molecule has 0 saturated heterocycles. The fourth-order valence-electron chi connectivity index (χ4n) is 1.26. The minimum Gasteiger partial charge on any atom is -0.367 e. The SMILES string of the molecule is CNCc1ccc(NC2CC2)nc1. The van der Waals surface area contributed by atoms with E-state index in [1.807, 2.05) is 19.3 Å². The van der Waals surface area contributed by atoms with Gasteiger partial charge in [-0.05, 0) is 31.5 Å². The average molecular weight is 177 g/mol. The Balaban J connectivity index is 1.95. The van der Waals surface area contributed by atoms with Crippen LogP contribution in [-0.2, 0) is 6.54 Å². The zero-order valence-corrected chi connectivity index (χ0v) is 7.88. The van der Waals surface area contributed by atoms with Crippen molar-refractivity contribution >= 4 is 5.82 Å². The molecular formula is C10H15N3. The van der Waals surface area contributed by atoms with E-state index in [-0.39, 0.29) is 0 Å². The summed E-state index contributed by atoms with van der Waals surface area (Å²) in [7, 11) is 1.94. The zero-order chi connectivity index (χ0) is 9.10. The van der Waals surface area contributed by atoms with Gasteiger partial charge in [0, 0.05) is 18.8 Å². The Kier molecular flexibility index (Phi) is 2.45. The lowest BCUT2D eigenvalue weighted by Gasteiger charge is -2.04. The fourth-order valence-corrected chi connectivity index (χ4v) is 1.26. The van der Waals surface area contributed by atoms with Gasteiger partial charge in [-0.1, -0.05) is 6.07 Å². The molecule has 0 aliphatic heterocycles. The largest absolute Gasteiger partial charge is 0.367 e. The maximum absolute atomic E-state index is 4.33. The molecule has 0 atom stereocenters. The van der Waals surface area contributed by atoms with Crippen molar-refractivity contribution in [1.82, 2.24) is 10.3 Å². The van der Waals surface area contributed by atoms with Crippen LogP contribution in [0.15, 0.2) is 18.3 Å². The molecule has 1 saturated carbocycles. The van der Waals surface area contributed by atoms with Crippen LogP contribution in [0.1, 0.15) is 18.4 Å². The molecule has 1 aliphatic rings. The molecule has 13 heavy (non-hydrogen) atoms. The molecule has 3 nitrogen and oxygen atoms in total. The summed E-state index contributed by atoms with van der Waals surface area (Å²) < 4.78 is 0. The van der Waals surface area contributed by atoms with Gasteiger partial charge >= 0.3 is 0 Å². The van der Waals surface area contributed by atoms with E-state index < -0.39 is 0 Å². The van der Waals surface area contributed by atoms with Crippen LogP contribution in [0.3, 0.4) is 0 Å². The van der Waals surface area contributed by atoms with Gasteiger partial charge in [-0.25, -0.2) is 4.98 Å². The van der Waals surface area contributed by atoms with E-state index in [2.05, 4.69) is 21.7 Å². The van der Waals surface area contributed by atoms with Crippen LogP contribution in [0.5, 0.6) is 0 Å². The smallest absolute Gasteiger partial charge is 0.126 e. The number of nitrogens with one attached hydrogen (secondary N) is 2. The van der Waals surface area contributed by atoms with Gasteiger partial charge in [-0.2, -0.15) is 0 Å². The topological polar surface area (TPSA) is 37.0 Å². The van der Waals surface area contributed by atoms with Gasteiger partial charge in [0.05, 0.1) is 0 Å². The van der Waals surface area contributed by atoms with E-state index >= 15 is 0 Å². The van der Waals surface area contributed by atoms with Crippen LogP contribution in [0.4, 0.5) is 5.82 Å². The van der Waals surface area contributed by atoms with Gasteiger partial charge in [-0.15, -0.1) is 0 Å². The third-order valence-corrected chi connectivity index (χ3v) is 2.13. The fraction of sp³-hybridized carbons (Fsp3) is 0.500. The first-order valence-corrected chi connectivity index (χ1v) is 4.74. The summed E-state index contributed by atoms with van der Waals surface area (Å²) in [5.74, 6) is 1.00. The Labute approximate surface area is 78.6 Å². The van der Waals surface area contributed by atoms with E-state index in [4.69, 9.17) is 0 Å². The van der Waals surface area contributed by atoms with Crippen LogP contribution in [-0.4, -0.2) is 18.1 Å². The Morgan fingerprint density at radius 3 is 2.85 bits per heavy atom. The maximum Gasteiger partial charge on any atom is 0.126 e. The summed E-state index contributed by atoms with van der Waals surface area (Å²) in [5, 5.41) is 6.45. The van der Waals surface area contributed by atoms with Crippen molar-refractivity contribution in [1.29, 1.82) is 0 Å². The minimum absolute atomic E-state index is 0.683. The number of rotatable bonds is 4. The van der Waals surface area contributed by atoms with Crippen molar-refractivity contribution < 1.29 is 0 Å². The van der Waals surface area contributed by atoms with Crippen molar-refractivity contribution in [2.45, 2.75) is 25.4 Å². The van der Waals surface area contributed by atoms with Crippen LogP contribution >= 0.6 is 0 Å². The summed E-state index contributed by atoms with van der Waals surface area (Å²) in [4.78, 5) is 4.33. The first kappa shape index (κ1) is 8.51. The molecule has 0 bridgehead atoms. The lowest BCUT2D eigenvalue weighted by atomic mass is 10.3. The molecule has 0 amide bonds. The Bertz CT molecular complexity index is 264. The third kappa shape index (κ3) is 2.42. The predicted octanol–water partition coefficient (Wildman–Crippen LogP) is 1.38. The molecule has 1 heterocycles. The van der Waals surface area contributed by atoms with Gasteiger partial charge in [0.25, 0.3) is 0 Å². The summed E-state index contributed by atoms with van der Waals surface area (Å²) in [6.07, 6.45) is 4.50. The van der Waals surface area contributed by atoms with E-state index in [1.54, 1.807) is 0 Å². The van der Waals surface area contributed by atoms with E-state index in [0.717, 1.165) is 12.4 Å². The highest BCUT2D eigenvalue weighted by atomic mass is 15.0. The molecule has 3 heteroatoms. The first-order valence-electron chi connectivity index (χ1n) is 4.74. The third-order valence-electron chi connectivity index (χ3n) is 2.13. The summed E-state index contributed by atoms with van der Waals surface area (Å²) in [6, 6.07) is 4.84. The maximum atomic E-state index is 4.33. The van der Waals surface area contributed by atoms with E-state index in [0.29, 0.717) is 6.04 Å². The lowest BCUT2D eigenvalue weighted by Crippen LogP contribution is -2.07. The molecule has 1 fully saturated rings. The van der Waals surface area contributed by atoms with E-state index in [1.165, 1.54) is 18.4 Å². The molecule has 1 aromatic heterocycles. The van der Waals surface area contributed by atoms with Crippen molar-refractivity contribution in [2.75, 3.05) is 12.4 Å². The number of hydrogen-bond acceptors (Lipinski definition) is 3. The van der Waals surface area contributed by atoms with Gasteiger partial charge in [0.15, 0.2) is 0 Å². The molecular weight excluding hydrogens is 162 g/mol. The Morgan fingerprint density at radius 2 is 2.31 bits per heavy atom. The Morgan fingerprint density at radius 1 is 1.46 bits per heavy atom.